The van der Waals surface area contributed by atoms with E-state index in [-0.39, 0.29) is 0 Å². The molecule has 0 aliphatic rings. The molecule has 102 valence electrons. The Labute approximate surface area is 119 Å². The zero-order valence-electron chi connectivity index (χ0n) is 11.6. The van der Waals surface area contributed by atoms with E-state index in [0.29, 0.717) is 11.2 Å². The molecule has 1 heterocycles. The van der Waals surface area contributed by atoms with Gasteiger partial charge in [0.15, 0.2) is 0 Å². The van der Waals surface area contributed by atoms with Gasteiger partial charge < -0.3 is 5.32 Å². The van der Waals surface area contributed by atoms with Gasteiger partial charge in [-0.3, -0.25) is 0 Å². The van der Waals surface area contributed by atoms with E-state index in [2.05, 4.69) is 36.1 Å². The van der Waals surface area contributed by atoms with Gasteiger partial charge >= 0.3 is 0 Å². The minimum absolute atomic E-state index is 0.383. The molecule has 0 bridgehead atoms. The monoisotopic (exact) mass is 287 g/mol. The lowest BCUT2D eigenvalue weighted by Gasteiger charge is -2.16. The van der Waals surface area contributed by atoms with Crippen molar-refractivity contribution in [3.63, 3.8) is 0 Å². The number of thioether (sulfide) groups is 1. The normalized spacial score (nSPS) is 12.5. The van der Waals surface area contributed by atoms with Gasteiger partial charge in [-0.15, -0.1) is 0 Å². The molecule has 0 aromatic carbocycles. The summed E-state index contributed by atoms with van der Waals surface area (Å²) in [4.78, 5) is 8.86. The fraction of sp³-hybridized carbons (Fsp3) is 0.692. The van der Waals surface area contributed by atoms with Gasteiger partial charge in [0.2, 0.25) is 0 Å². The van der Waals surface area contributed by atoms with Crippen LogP contribution in [-0.2, 0) is 6.42 Å². The second-order valence-corrected chi connectivity index (χ2v) is 6.04. The summed E-state index contributed by atoms with van der Waals surface area (Å²) in [5, 5.41) is 3.99. The molecule has 0 saturated heterocycles. The number of aryl methyl sites for hydroxylation is 1. The first-order valence-corrected chi connectivity index (χ1v) is 7.99. The fourth-order valence-corrected chi connectivity index (χ4v) is 2.44. The predicted molar refractivity (Wildman–Crippen MR) is 81.9 cm³/mol. The highest BCUT2D eigenvalue weighted by Crippen LogP contribution is 2.21. The number of halogens is 1. The van der Waals surface area contributed by atoms with E-state index in [1.165, 1.54) is 0 Å². The number of aromatic nitrogens is 2. The van der Waals surface area contributed by atoms with Gasteiger partial charge in [-0.2, -0.15) is 11.8 Å². The molecule has 0 saturated carbocycles. The van der Waals surface area contributed by atoms with Crippen molar-refractivity contribution in [2.75, 3.05) is 16.8 Å². The first-order chi connectivity index (χ1) is 8.58. The zero-order valence-corrected chi connectivity index (χ0v) is 13.2. The van der Waals surface area contributed by atoms with Crippen LogP contribution >= 0.6 is 23.4 Å². The molecule has 1 unspecified atom stereocenters. The Morgan fingerprint density at radius 1 is 1.33 bits per heavy atom. The number of nitrogens with zero attached hydrogens (tertiary/aromatic N) is 2. The second-order valence-electron chi connectivity index (χ2n) is 4.36. The molecule has 0 spiro atoms. The second kappa shape index (κ2) is 7.85. The van der Waals surface area contributed by atoms with E-state index in [0.717, 1.165) is 41.6 Å². The molecule has 0 amide bonds. The van der Waals surface area contributed by atoms with E-state index >= 15 is 0 Å². The van der Waals surface area contributed by atoms with Crippen LogP contribution in [0.15, 0.2) is 0 Å². The van der Waals surface area contributed by atoms with E-state index in [1.54, 1.807) is 0 Å². The van der Waals surface area contributed by atoms with Crippen LogP contribution in [0.25, 0.3) is 0 Å². The van der Waals surface area contributed by atoms with Crippen LogP contribution in [0.1, 0.15) is 38.6 Å². The van der Waals surface area contributed by atoms with E-state index < -0.39 is 0 Å². The molecule has 3 nitrogen and oxygen atoms in total. The lowest BCUT2D eigenvalue weighted by molar-refractivity contribution is 0.820. The summed E-state index contributed by atoms with van der Waals surface area (Å²) in [6.45, 7) is 8.41. The molecule has 0 fully saturated rings. The van der Waals surface area contributed by atoms with Gasteiger partial charge in [0.25, 0.3) is 0 Å². The van der Waals surface area contributed by atoms with E-state index in [4.69, 9.17) is 11.6 Å². The molecule has 1 atom stereocenters. The minimum atomic E-state index is 0.383. The average molecular weight is 288 g/mol. The Bertz CT molecular complexity index is 385. The van der Waals surface area contributed by atoms with Gasteiger partial charge in [0.1, 0.15) is 16.8 Å². The van der Waals surface area contributed by atoms with E-state index in [9.17, 15) is 0 Å². The highest BCUT2D eigenvalue weighted by atomic mass is 35.5. The summed E-state index contributed by atoms with van der Waals surface area (Å²) in [6.07, 6.45) is 1.90. The van der Waals surface area contributed by atoms with Crippen molar-refractivity contribution in [3.8, 4) is 0 Å². The Hall–Kier alpha value is -0.480. The molecular formula is C13H22ClN3S. The average Bonchev–Trinajstić information content (AvgIpc) is 2.33. The molecule has 0 radical (unpaired) electrons. The third-order valence-electron chi connectivity index (χ3n) is 2.56. The number of nitrogens with one attached hydrogen (secondary N) is 1. The summed E-state index contributed by atoms with van der Waals surface area (Å²) in [6, 6.07) is 0.383. The van der Waals surface area contributed by atoms with Crippen LogP contribution in [-0.4, -0.2) is 27.5 Å². The van der Waals surface area contributed by atoms with Gasteiger partial charge in [-0.1, -0.05) is 25.4 Å². The van der Waals surface area contributed by atoms with Crippen molar-refractivity contribution in [1.82, 2.24) is 9.97 Å². The zero-order chi connectivity index (χ0) is 13.5. The van der Waals surface area contributed by atoms with Crippen LogP contribution in [0.3, 0.4) is 0 Å². The SMILES string of the molecule is CCCc1nc(Cl)c(C)c(NC(C)CSCC)n1. The molecule has 1 aromatic rings. The van der Waals surface area contributed by atoms with Crippen LogP contribution < -0.4 is 5.32 Å². The van der Waals surface area contributed by atoms with Crippen LogP contribution in [0.5, 0.6) is 0 Å². The molecule has 18 heavy (non-hydrogen) atoms. The van der Waals surface area contributed by atoms with Crippen molar-refractivity contribution in [1.29, 1.82) is 0 Å². The van der Waals surface area contributed by atoms with Crippen molar-refractivity contribution < 1.29 is 0 Å². The van der Waals surface area contributed by atoms with Crippen LogP contribution in [0, 0.1) is 6.92 Å². The third-order valence-corrected chi connectivity index (χ3v) is 4.07. The van der Waals surface area contributed by atoms with Crippen molar-refractivity contribution >= 4 is 29.2 Å². The number of rotatable bonds is 7. The van der Waals surface area contributed by atoms with Crippen LogP contribution in [0.2, 0.25) is 5.15 Å². The lowest BCUT2D eigenvalue weighted by atomic mass is 10.2. The molecular weight excluding hydrogens is 266 g/mol. The lowest BCUT2D eigenvalue weighted by Crippen LogP contribution is -2.20. The highest BCUT2D eigenvalue weighted by Gasteiger charge is 2.11. The molecule has 1 rings (SSSR count). The standard InChI is InChI=1S/C13H22ClN3S/c1-5-7-11-16-12(14)10(4)13(17-11)15-9(3)8-18-6-2/h9H,5-8H2,1-4H3,(H,15,16,17). The number of anilines is 1. The summed E-state index contributed by atoms with van der Waals surface area (Å²) < 4.78 is 0. The summed E-state index contributed by atoms with van der Waals surface area (Å²) >= 11 is 8.07. The van der Waals surface area contributed by atoms with Gasteiger partial charge in [-0.05, 0) is 26.0 Å². The highest BCUT2D eigenvalue weighted by molar-refractivity contribution is 7.99. The number of hydrogen-bond acceptors (Lipinski definition) is 4. The molecule has 1 N–H and O–H groups in total. The molecule has 1 aromatic heterocycles. The summed E-state index contributed by atoms with van der Waals surface area (Å²) in [5.74, 6) is 3.91. The first kappa shape index (κ1) is 15.6. The van der Waals surface area contributed by atoms with Crippen molar-refractivity contribution in [3.05, 3.63) is 16.5 Å². The Kier molecular flexibility index (Phi) is 6.79. The van der Waals surface area contributed by atoms with Crippen molar-refractivity contribution in [2.45, 2.75) is 46.6 Å². The maximum atomic E-state index is 6.15. The maximum absolute atomic E-state index is 6.15. The Morgan fingerprint density at radius 3 is 2.67 bits per heavy atom. The third kappa shape index (κ3) is 4.65. The fourth-order valence-electron chi connectivity index (χ4n) is 1.58. The number of hydrogen-bond donors (Lipinski definition) is 1. The quantitative estimate of drug-likeness (QED) is 0.771. The molecule has 5 heteroatoms. The maximum Gasteiger partial charge on any atom is 0.137 e. The summed E-state index contributed by atoms with van der Waals surface area (Å²) in [7, 11) is 0. The van der Waals surface area contributed by atoms with Gasteiger partial charge in [-0.25, -0.2) is 9.97 Å². The molecule has 0 aliphatic heterocycles. The first-order valence-electron chi connectivity index (χ1n) is 6.45. The largest absolute Gasteiger partial charge is 0.366 e. The predicted octanol–water partition coefficient (Wildman–Crippen LogP) is 3.94. The summed E-state index contributed by atoms with van der Waals surface area (Å²) in [5.41, 5.74) is 0.935. The Balaban J connectivity index is 2.79. The molecule has 0 aliphatic carbocycles. The van der Waals surface area contributed by atoms with Gasteiger partial charge in [0, 0.05) is 23.8 Å². The topological polar surface area (TPSA) is 37.8 Å². The smallest absolute Gasteiger partial charge is 0.137 e. The van der Waals surface area contributed by atoms with Crippen molar-refractivity contribution in [2.24, 2.45) is 0 Å². The Morgan fingerprint density at radius 2 is 2.06 bits per heavy atom. The minimum Gasteiger partial charge on any atom is -0.366 e. The van der Waals surface area contributed by atoms with E-state index in [1.807, 2.05) is 18.7 Å². The van der Waals surface area contributed by atoms with Gasteiger partial charge in [0.05, 0.1) is 0 Å². The van der Waals surface area contributed by atoms with Crippen LogP contribution in [0.4, 0.5) is 5.82 Å².